The number of thiazole rings is 1. The molecule has 10 heteroatoms. The molecule has 8 nitrogen and oxygen atoms in total. The van der Waals surface area contributed by atoms with Gasteiger partial charge in [0.1, 0.15) is 33.5 Å². The summed E-state index contributed by atoms with van der Waals surface area (Å²) in [4.78, 5) is 31.3. The maximum Gasteiger partial charge on any atom is 0.270 e. The van der Waals surface area contributed by atoms with Crippen molar-refractivity contribution in [2.24, 2.45) is 0 Å². The molecule has 3 heterocycles. The molecular weight excluding hydrogens is 558 g/mol. The minimum atomic E-state index is -0.811. The highest BCUT2D eigenvalue weighted by atomic mass is 35.5. The number of furan rings is 1. The van der Waals surface area contributed by atoms with Gasteiger partial charge < -0.3 is 9.73 Å². The first-order chi connectivity index (χ1) is 19.8. The second-order valence-electron chi connectivity index (χ2n) is 8.90. The number of amides is 1. The quantitative estimate of drug-likeness (QED) is 0.319. The third-order valence-electron chi connectivity index (χ3n) is 6.38. The number of carbonyl (C=O) groups is 1. The molecule has 41 heavy (non-hydrogen) atoms. The smallest absolute Gasteiger partial charge is 0.270 e. The van der Waals surface area contributed by atoms with Crippen molar-refractivity contribution in [1.29, 1.82) is 10.5 Å². The molecule has 0 aliphatic rings. The van der Waals surface area contributed by atoms with Crippen molar-refractivity contribution in [2.75, 3.05) is 5.32 Å². The summed E-state index contributed by atoms with van der Waals surface area (Å²) in [6.07, 6.45) is 3.16. The standard InChI is InChI=1S/C31H20ClN5O3S/c1-18-19(2)35-28(23(16-33)27(18)26-9-6-14-40-26)36-29(38)24(17-34)30-37(22-7-4-3-5-8-22)25(31(39)41-30)15-20-10-12-21(32)13-11-20/h3-15H,1-2H3,(H,35,36,38)/b25-15+,30-24+. The van der Waals surface area contributed by atoms with Gasteiger partial charge in [0, 0.05) is 22.0 Å². The van der Waals surface area contributed by atoms with Crippen LogP contribution in [0.2, 0.25) is 5.02 Å². The fraction of sp³-hybridized carbons (Fsp3) is 0.0645. The van der Waals surface area contributed by atoms with E-state index in [4.69, 9.17) is 16.0 Å². The number of hydrogen-bond donors (Lipinski definition) is 1. The third kappa shape index (κ3) is 5.32. The topological polar surface area (TPSA) is 125 Å². The van der Waals surface area contributed by atoms with E-state index in [0.717, 1.165) is 16.9 Å². The number of hydrogen-bond acceptors (Lipinski definition) is 7. The van der Waals surface area contributed by atoms with Crippen LogP contribution in [-0.2, 0) is 4.79 Å². The van der Waals surface area contributed by atoms with E-state index in [1.807, 2.05) is 19.1 Å². The van der Waals surface area contributed by atoms with Gasteiger partial charge in [0.25, 0.3) is 10.6 Å². The number of aryl methyl sites for hydroxylation is 1. The first-order valence-electron chi connectivity index (χ1n) is 12.3. The number of nitriles is 2. The zero-order valence-corrected chi connectivity index (χ0v) is 23.4. The van der Waals surface area contributed by atoms with Crippen molar-refractivity contribution >= 4 is 46.3 Å². The predicted octanol–water partition coefficient (Wildman–Crippen LogP) is 4.84. The van der Waals surface area contributed by atoms with Gasteiger partial charge in [-0.15, -0.1) is 0 Å². The lowest BCUT2D eigenvalue weighted by atomic mass is 10.00. The van der Waals surface area contributed by atoms with E-state index < -0.39 is 5.91 Å². The number of pyridine rings is 1. The lowest BCUT2D eigenvalue weighted by molar-refractivity contribution is -0.111. The molecule has 0 aliphatic carbocycles. The van der Waals surface area contributed by atoms with Gasteiger partial charge in [0.15, 0.2) is 11.4 Å². The minimum absolute atomic E-state index is 0.0159. The van der Waals surface area contributed by atoms with Gasteiger partial charge in [-0.1, -0.05) is 53.3 Å². The van der Waals surface area contributed by atoms with Crippen LogP contribution >= 0.6 is 22.9 Å². The molecule has 5 rings (SSSR count). The molecule has 0 atom stereocenters. The van der Waals surface area contributed by atoms with Crippen LogP contribution in [0.1, 0.15) is 22.4 Å². The van der Waals surface area contributed by atoms with Gasteiger partial charge in [-0.25, -0.2) is 4.98 Å². The van der Waals surface area contributed by atoms with E-state index in [-0.39, 0.29) is 31.7 Å². The number of nitrogens with zero attached hydrogens (tertiary/aromatic N) is 4. The largest absolute Gasteiger partial charge is 0.464 e. The Morgan fingerprint density at radius 3 is 2.44 bits per heavy atom. The predicted molar refractivity (Wildman–Crippen MR) is 158 cm³/mol. The van der Waals surface area contributed by atoms with Gasteiger partial charge in [-0.2, -0.15) is 10.5 Å². The fourth-order valence-corrected chi connectivity index (χ4v) is 5.40. The van der Waals surface area contributed by atoms with E-state index in [0.29, 0.717) is 33.3 Å². The SMILES string of the molecule is Cc1nc(NC(=O)/C(C#N)=c2/sc(=O)/c(=C\c3ccc(Cl)cc3)n2-c2ccccc2)c(C#N)c(-c2ccco2)c1C. The summed E-state index contributed by atoms with van der Waals surface area (Å²) < 4.78 is 6.90. The van der Waals surface area contributed by atoms with Crippen LogP contribution in [0, 0.1) is 36.5 Å². The Balaban J connectivity index is 1.72. The molecule has 1 N–H and O–H groups in total. The van der Waals surface area contributed by atoms with Crippen molar-refractivity contribution in [3.8, 4) is 29.1 Å². The van der Waals surface area contributed by atoms with E-state index >= 15 is 0 Å². The van der Waals surface area contributed by atoms with Gasteiger partial charge in [0.2, 0.25) is 0 Å². The summed E-state index contributed by atoms with van der Waals surface area (Å²) in [7, 11) is 0. The van der Waals surface area contributed by atoms with Crippen molar-refractivity contribution in [3.63, 3.8) is 0 Å². The Morgan fingerprint density at radius 2 is 1.80 bits per heavy atom. The van der Waals surface area contributed by atoms with Gasteiger partial charge in [0.05, 0.1) is 6.26 Å². The van der Waals surface area contributed by atoms with Crippen molar-refractivity contribution in [1.82, 2.24) is 9.55 Å². The fourth-order valence-electron chi connectivity index (χ4n) is 4.31. The molecule has 5 aromatic rings. The second kappa shape index (κ2) is 11.5. The van der Waals surface area contributed by atoms with Crippen LogP contribution in [-0.4, -0.2) is 15.5 Å². The van der Waals surface area contributed by atoms with Crippen LogP contribution in [0.4, 0.5) is 5.82 Å². The number of halogens is 1. The normalized spacial score (nSPS) is 12.0. The summed E-state index contributed by atoms with van der Waals surface area (Å²) in [5.41, 5.74) is 2.87. The molecule has 200 valence electrons. The van der Waals surface area contributed by atoms with Crippen molar-refractivity contribution < 1.29 is 9.21 Å². The highest BCUT2D eigenvalue weighted by molar-refractivity contribution is 7.07. The first kappa shape index (κ1) is 27.4. The summed E-state index contributed by atoms with van der Waals surface area (Å²) >= 11 is 6.80. The number of aromatic nitrogens is 2. The van der Waals surface area contributed by atoms with Crippen LogP contribution in [0.3, 0.4) is 0 Å². The molecule has 0 aliphatic heterocycles. The lowest BCUT2D eigenvalue weighted by Crippen LogP contribution is -2.33. The number of nitrogens with one attached hydrogen (secondary N) is 1. The Kier molecular flexibility index (Phi) is 7.66. The van der Waals surface area contributed by atoms with Gasteiger partial charge in [-0.05, 0) is 67.4 Å². The monoisotopic (exact) mass is 577 g/mol. The number of para-hydroxylation sites is 1. The third-order valence-corrected chi connectivity index (χ3v) is 7.60. The molecule has 0 saturated heterocycles. The highest BCUT2D eigenvalue weighted by Crippen LogP contribution is 2.33. The zero-order chi connectivity index (χ0) is 29.1. The summed E-state index contributed by atoms with van der Waals surface area (Å²) in [5.74, 6) is -0.380. The molecule has 1 amide bonds. The molecule has 0 saturated carbocycles. The molecule has 3 aromatic heterocycles. The summed E-state index contributed by atoms with van der Waals surface area (Å²) in [5, 5.41) is 23.6. The Bertz CT molecular complexity index is 2050. The lowest BCUT2D eigenvalue weighted by Gasteiger charge is -2.13. The molecule has 0 fully saturated rings. The van der Waals surface area contributed by atoms with Crippen molar-refractivity contribution in [2.45, 2.75) is 13.8 Å². The van der Waals surface area contributed by atoms with Crippen LogP contribution in [0.5, 0.6) is 0 Å². The molecular formula is C31H20ClN5O3S. The molecule has 0 radical (unpaired) electrons. The molecule has 2 aromatic carbocycles. The first-order valence-corrected chi connectivity index (χ1v) is 13.5. The Hall–Kier alpha value is -5.22. The molecule has 0 spiro atoms. The van der Waals surface area contributed by atoms with Crippen LogP contribution in [0.25, 0.3) is 28.7 Å². The van der Waals surface area contributed by atoms with E-state index in [1.165, 1.54) is 6.26 Å². The van der Waals surface area contributed by atoms with E-state index in [2.05, 4.69) is 16.4 Å². The van der Waals surface area contributed by atoms with Gasteiger partial charge in [-0.3, -0.25) is 14.2 Å². The maximum atomic E-state index is 13.6. The maximum absolute atomic E-state index is 13.6. The molecule has 0 bridgehead atoms. The average Bonchev–Trinajstić information content (AvgIpc) is 3.61. The Morgan fingerprint density at radius 1 is 1.07 bits per heavy atom. The van der Waals surface area contributed by atoms with Gasteiger partial charge >= 0.3 is 0 Å². The zero-order valence-electron chi connectivity index (χ0n) is 21.8. The average molecular weight is 578 g/mol. The number of carbonyl (C=O) groups excluding carboxylic acids is 1. The number of anilines is 1. The molecule has 0 unspecified atom stereocenters. The minimum Gasteiger partial charge on any atom is -0.464 e. The number of rotatable bonds is 5. The summed E-state index contributed by atoms with van der Waals surface area (Å²) in [6, 6.07) is 23.4. The summed E-state index contributed by atoms with van der Waals surface area (Å²) in [6.45, 7) is 3.56. The van der Waals surface area contributed by atoms with Crippen LogP contribution in [0.15, 0.2) is 82.2 Å². The van der Waals surface area contributed by atoms with E-state index in [9.17, 15) is 20.1 Å². The Labute approximate surface area is 243 Å². The highest BCUT2D eigenvalue weighted by Gasteiger charge is 2.23. The van der Waals surface area contributed by atoms with E-state index in [1.54, 1.807) is 78.2 Å². The number of benzene rings is 2. The van der Waals surface area contributed by atoms with Crippen LogP contribution < -0.4 is 20.1 Å². The second-order valence-corrected chi connectivity index (χ2v) is 10.3. The van der Waals surface area contributed by atoms with Crippen molar-refractivity contribution in [3.05, 3.63) is 120 Å².